The smallest absolute Gasteiger partial charge is 0.547 e. The molecule has 0 bridgehead atoms. The van der Waals surface area contributed by atoms with E-state index in [9.17, 15) is 24.6 Å². The first kappa shape index (κ1) is 26.6. The predicted molar refractivity (Wildman–Crippen MR) is 44.5 cm³/mol. The maximum Gasteiger partial charge on any atom is 1.00 e. The second-order valence-corrected chi connectivity index (χ2v) is 2.61. The molecule has 2 unspecified atom stereocenters. The summed E-state index contributed by atoms with van der Waals surface area (Å²) in [7, 11) is 0. The van der Waals surface area contributed by atoms with Crippen LogP contribution in [0.15, 0.2) is 12.2 Å². The Balaban J connectivity index is -0.000000108. The van der Waals surface area contributed by atoms with E-state index in [-0.39, 0.29) is 64.7 Å². The predicted octanol–water partition coefficient (Wildman–Crippen LogP) is -10.1. The van der Waals surface area contributed by atoms with Gasteiger partial charge >= 0.3 is 65.1 Å². The molecule has 0 aliphatic rings. The van der Waals surface area contributed by atoms with Crippen molar-refractivity contribution in [2.45, 2.75) is 19.1 Å². The standard InChI is InChI=1S/C4H6O6.C4H6O2.2Na/c5-1(3(7)8)2(6)4(9)10;1-3(2)4(5)6;;/h1-2,5-6H,(H,7,8)(H,9,10);1H2,2H3,(H,5,6);;/q;;2*+1/p-2. The van der Waals surface area contributed by atoms with Crippen molar-refractivity contribution in [3.63, 3.8) is 0 Å². The van der Waals surface area contributed by atoms with E-state index in [2.05, 4.69) is 6.58 Å². The van der Waals surface area contributed by atoms with Crippen LogP contribution in [0.2, 0.25) is 0 Å². The van der Waals surface area contributed by atoms with E-state index in [1.165, 1.54) is 6.92 Å². The third-order valence-electron chi connectivity index (χ3n) is 1.15. The van der Waals surface area contributed by atoms with Crippen molar-refractivity contribution in [1.29, 1.82) is 0 Å². The molecule has 0 aromatic carbocycles. The second-order valence-electron chi connectivity index (χ2n) is 2.61. The largest absolute Gasteiger partial charge is 1.00 e. The topological polar surface area (TPSA) is 158 Å². The summed E-state index contributed by atoms with van der Waals surface area (Å²) in [6.07, 6.45) is -4.88. The van der Waals surface area contributed by atoms with Gasteiger partial charge in [-0.25, -0.2) is 4.79 Å². The number of aliphatic hydroxyl groups is 2. The average Bonchev–Trinajstić information content (AvgIpc) is 2.15. The molecule has 0 fully saturated rings. The minimum atomic E-state index is -2.44. The van der Waals surface area contributed by atoms with Crippen molar-refractivity contribution in [2.24, 2.45) is 0 Å². The van der Waals surface area contributed by atoms with Crippen LogP contribution in [-0.4, -0.2) is 45.4 Å². The molecule has 2 atom stereocenters. The molecule has 0 rings (SSSR count). The van der Waals surface area contributed by atoms with Crippen LogP contribution >= 0.6 is 0 Å². The number of rotatable bonds is 4. The Morgan fingerprint density at radius 3 is 1.22 bits per heavy atom. The fourth-order valence-electron chi connectivity index (χ4n) is 0.258. The summed E-state index contributed by atoms with van der Waals surface area (Å²) in [4.78, 5) is 28.9. The van der Waals surface area contributed by atoms with Crippen molar-refractivity contribution in [2.75, 3.05) is 0 Å². The van der Waals surface area contributed by atoms with Crippen LogP contribution in [0.4, 0.5) is 0 Å². The second kappa shape index (κ2) is 13.5. The first-order valence-electron chi connectivity index (χ1n) is 3.77. The van der Waals surface area contributed by atoms with E-state index in [1.807, 2.05) is 0 Å². The summed E-state index contributed by atoms with van der Waals surface area (Å²) in [5.41, 5.74) is 0.176. The van der Waals surface area contributed by atoms with Crippen LogP contribution < -0.4 is 69.3 Å². The molecule has 0 aliphatic heterocycles. The Labute approximate surface area is 147 Å². The third-order valence-corrected chi connectivity index (χ3v) is 1.15. The zero-order chi connectivity index (χ0) is 13.5. The Bertz CT molecular complexity index is 273. The monoisotopic (exact) mass is 280 g/mol. The average molecular weight is 280 g/mol. The van der Waals surface area contributed by atoms with E-state index in [0.29, 0.717) is 0 Å². The van der Waals surface area contributed by atoms with Gasteiger partial charge in [0.25, 0.3) is 0 Å². The van der Waals surface area contributed by atoms with E-state index in [4.69, 9.17) is 15.3 Å². The molecule has 0 aromatic rings. The van der Waals surface area contributed by atoms with Crippen molar-refractivity contribution in [1.82, 2.24) is 0 Å². The van der Waals surface area contributed by atoms with E-state index in [0.717, 1.165) is 0 Å². The van der Waals surface area contributed by atoms with Gasteiger partial charge in [-0.05, 0) is 6.92 Å². The molecule has 0 heterocycles. The normalized spacial score (nSPS) is 11.3. The number of carboxylic acid groups (broad SMARTS) is 3. The minimum absolute atomic E-state index is 0. The quantitative estimate of drug-likeness (QED) is 0.338. The summed E-state index contributed by atoms with van der Waals surface area (Å²) in [5.74, 6) is -5.05. The molecule has 0 spiro atoms. The first-order chi connectivity index (χ1) is 7.11. The maximum absolute atomic E-state index is 9.63. The summed E-state index contributed by atoms with van der Waals surface area (Å²) < 4.78 is 0. The van der Waals surface area contributed by atoms with E-state index in [1.54, 1.807) is 0 Å². The number of hydrogen-bond donors (Lipinski definition) is 3. The number of carbonyl (C=O) groups excluding carboxylic acids is 2. The van der Waals surface area contributed by atoms with Crippen molar-refractivity contribution >= 4 is 17.9 Å². The van der Waals surface area contributed by atoms with Crippen LogP contribution in [-0.2, 0) is 14.4 Å². The Morgan fingerprint density at radius 2 is 1.17 bits per heavy atom. The van der Waals surface area contributed by atoms with Gasteiger partial charge in [0.15, 0.2) is 0 Å². The van der Waals surface area contributed by atoms with Crippen molar-refractivity contribution in [3.05, 3.63) is 12.2 Å². The van der Waals surface area contributed by atoms with Gasteiger partial charge in [0.05, 0.1) is 11.9 Å². The minimum Gasteiger partial charge on any atom is -0.547 e. The summed E-state index contributed by atoms with van der Waals surface area (Å²) in [5, 5.41) is 43.6. The van der Waals surface area contributed by atoms with Crippen LogP contribution in [0.5, 0.6) is 0 Å². The van der Waals surface area contributed by atoms with E-state index < -0.39 is 30.1 Å². The van der Waals surface area contributed by atoms with E-state index >= 15 is 0 Å². The van der Waals surface area contributed by atoms with Crippen molar-refractivity contribution in [3.8, 4) is 0 Å². The Hall–Kier alpha value is 0.0700. The molecule has 8 nitrogen and oxygen atoms in total. The molecule has 92 valence electrons. The van der Waals surface area contributed by atoms with Gasteiger partial charge in [-0.15, -0.1) is 0 Å². The van der Waals surface area contributed by atoms with Crippen LogP contribution in [0.25, 0.3) is 0 Å². The Kier molecular flexibility index (Phi) is 19.9. The summed E-state index contributed by atoms with van der Waals surface area (Å²) in [6, 6.07) is 0. The molecular formula is C8H10Na2O8. The molecule has 0 amide bonds. The molecule has 0 aromatic heterocycles. The molecular weight excluding hydrogens is 270 g/mol. The van der Waals surface area contributed by atoms with Crippen LogP contribution in [0.3, 0.4) is 0 Å². The molecule has 10 heteroatoms. The molecule has 0 saturated heterocycles. The molecule has 0 saturated carbocycles. The van der Waals surface area contributed by atoms with Gasteiger partial charge in [0.2, 0.25) is 0 Å². The van der Waals surface area contributed by atoms with Gasteiger partial charge < -0.3 is 35.1 Å². The fourth-order valence-corrected chi connectivity index (χ4v) is 0.258. The van der Waals surface area contributed by atoms with Gasteiger partial charge in [-0.3, -0.25) is 0 Å². The summed E-state index contributed by atoms with van der Waals surface area (Å²) in [6.45, 7) is 4.60. The third kappa shape index (κ3) is 14.1. The van der Waals surface area contributed by atoms with Crippen LogP contribution in [0, 0.1) is 0 Å². The number of aliphatic carboxylic acids is 3. The van der Waals surface area contributed by atoms with Crippen LogP contribution in [0.1, 0.15) is 6.92 Å². The summed E-state index contributed by atoms with van der Waals surface area (Å²) >= 11 is 0. The maximum atomic E-state index is 9.63. The van der Waals surface area contributed by atoms with Gasteiger partial charge in [-0.1, -0.05) is 6.58 Å². The molecule has 0 aliphatic carbocycles. The zero-order valence-corrected chi connectivity index (χ0v) is 14.2. The fraction of sp³-hybridized carbons (Fsp3) is 0.375. The Morgan fingerprint density at radius 1 is 1.00 bits per heavy atom. The number of carboxylic acids is 3. The first-order valence-corrected chi connectivity index (χ1v) is 3.77. The van der Waals surface area contributed by atoms with Crippen molar-refractivity contribution < 1.29 is 99.0 Å². The van der Waals surface area contributed by atoms with Gasteiger partial charge in [-0.2, -0.15) is 0 Å². The van der Waals surface area contributed by atoms with Gasteiger partial charge in [0.1, 0.15) is 12.2 Å². The number of aliphatic hydroxyl groups excluding tert-OH is 2. The molecule has 3 N–H and O–H groups in total. The van der Waals surface area contributed by atoms with Gasteiger partial charge in [0, 0.05) is 5.57 Å². The SMILES string of the molecule is C=C(C)C(=O)O.O=C([O-])C(O)C(O)C(=O)[O-].[Na+].[Na+]. The zero-order valence-electron chi connectivity index (χ0n) is 10.2. The number of carbonyl (C=O) groups is 3. The molecule has 0 radical (unpaired) electrons. The number of hydrogen-bond acceptors (Lipinski definition) is 7. The molecule has 18 heavy (non-hydrogen) atoms.